The van der Waals surface area contributed by atoms with Crippen molar-refractivity contribution in [3.8, 4) is 0 Å². The molecule has 6 bridgehead atoms. The zero-order chi connectivity index (χ0) is 28.8. The number of rotatable bonds is 3. The zero-order valence-corrected chi connectivity index (χ0v) is 24.2. The largest absolute Gasteiger partial charge is 0.474 e. The van der Waals surface area contributed by atoms with Crippen LogP contribution in [0.5, 0.6) is 0 Å². The number of ether oxygens (including phenoxy) is 3. The Morgan fingerprint density at radius 1 is 0.513 bits per heavy atom. The third-order valence-corrected chi connectivity index (χ3v) is 7.55. The van der Waals surface area contributed by atoms with Gasteiger partial charge in [0.25, 0.3) is 0 Å². The summed E-state index contributed by atoms with van der Waals surface area (Å²) < 4.78 is 18.0. The lowest BCUT2D eigenvalue weighted by atomic mass is 10.0. The summed E-state index contributed by atoms with van der Waals surface area (Å²) in [5, 5.41) is 9.03. The molecule has 4 rings (SSSR count). The molecule has 0 saturated heterocycles. The molecule has 216 valence electrons. The van der Waals surface area contributed by atoms with Crippen molar-refractivity contribution in [2.45, 2.75) is 117 Å². The van der Waals surface area contributed by atoms with E-state index < -0.39 is 54.6 Å². The quantitative estimate of drug-likeness (QED) is 0.480. The second-order valence-electron chi connectivity index (χ2n) is 11.9. The summed E-state index contributed by atoms with van der Waals surface area (Å²) in [6.07, 6.45) is -1.62. The van der Waals surface area contributed by atoms with Crippen LogP contribution in [0.15, 0.2) is 15.0 Å². The van der Waals surface area contributed by atoms with Crippen LogP contribution in [0.3, 0.4) is 0 Å². The third kappa shape index (κ3) is 5.74. The monoisotopic (exact) mass is 546 g/mol. The van der Waals surface area contributed by atoms with E-state index in [9.17, 15) is 14.4 Å². The van der Waals surface area contributed by atoms with Crippen LogP contribution in [-0.4, -0.2) is 90.0 Å². The van der Waals surface area contributed by atoms with Gasteiger partial charge in [0.1, 0.15) is 36.4 Å². The lowest BCUT2D eigenvalue weighted by molar-refractivity contribution is -0.125. The Hall–Kier alpha value is -3.18. The average molecular weight is 547 g/mol. The van der Waals surface area contributed by atoms with Gasteiger partial charge in [-0.25, -0.2) is 15.0 Å². The smallest absolute Gasteiger partial charge is 0.249 e. The number of hydrogen-bond donors (Lipinski definition) is 3. The highest BCUT2D eigenvalue weighted by atomic mass is 16.5. The van der Waals surface area contributed by atoms with Gasteiger partial charge in [-0.1, -0.05) is 41.5 Å². The topological polar surface area (TPSA) is 152 Å². The van der Waals surface area contributed by atoms with E-state index in [1.807, 2.05) is 41.5 Å². The van der Waals surface area contributed by atoms with Gasteiger partial charge in [0.15, 0.2) is 18.1 Å². The lowest BCUT2D eigenvalue weighted by Gasteiger charge is -2.24. The van der Waals surface area contributed by atoms with Crippen LogP contribution in [-0.2, 0) is 28.6 Å². The van der Waals surface area contributed by atoms with Gasteiger partial charge < -0.3 is 30.2 Å². The molecule has 12 nitrogen and oxygen atoms in total. The molecular weight excluding hydrogens is 504 g/mol. The number of aliphatic imine (C=N–C) groups is 3. The van der Waals surface area contributed by atoms with Crippen molar-refractivity contribution < 1.29 is 28.6 Å². The Balaban J connectivity index is 1.76. The van der Waals surface area contributed by atoms with Gasteiger partial charge in [-0.2, -0.15) is 0 Å². The highest BCUT2D eigenvalue weighted by Gasteiger charge is 2.45. The fraction of sp³-hybridized carbons (Fsp3) is 0.778. The standard InChI is InChI=1S/C27H42N6O6/c1-10(2)16-25-31-20(13(7)37-25)23(35)29-18(12(5)6)27-33-21(15(9)39-27)24(36)30-17(11(3)4)26-32-19(14(8)38-26)22(34)28-16/h10-21H,1-9H3,(H,28,34)(H,29,35)(H,30,36)/t13-,14-,15-,16+,17+,18+,19-,20+,21+/m1/s1. The van der Waals surface area contributed by atoms with Gasteiger partial charge in [0.05, 0.1) is 0 Å². The third-order valence-electron chi connectivity index (χ3n) is 7.55. The normalized spacial score (nSPS) is 37.1. The molecule has 4 heterocycles. The molecule has 12 heteroatoms. The molecule has 0 aliphatic carbocycles. The first-order valence-electron chi connectivity index (χ1n) is 13.9. The molecule has 9 atom stereocenters. The van der Waals surface area contributed by atoms with Crippen molar-refractivity contribution in [3.05, 3.63) is 0 Å². The first-order chi connectivity index (χ1) is 18.3. The fourth-order valence-corrected chi connectivity index (χ4v) is 5.11. The highest BCUT2D eigenvalue weighted by molar-refractivity contribution is 5.99. The predicted molar refractivity (Wildman–Crippen MR) is 146 cm³/mol. The summed E-state index contributed by atoms with van der Waals surface area (Å²) in [6.45, 7) is 17.0. The second kappa shape index (κ2) is 11.1. The van der Waals surface area contributed by atoms with Crippen molar-refractivity contribution in [1.82, 2.24) is 16.0 Å². The van der Waals surface area contributed by atoms with E-state index in [0.717, 1.165) is 0 Å². The van der Waals surface area contributed by atoms with E-state index in [-0.39, 0.29) is 35.5 Å². The molecule has 0 aromatic carbocycles. The number of fused-ring (bicyclic) bond motifs is 3. The molecular formula is C27H42N6O6. The van der Waals surface area contributed by atoms with Gasteiger partial charge in [-0.15, -0.1) is 0 Å². The minimum Gasteiger partial charge on any atom is -0.474 e. The van der Waals surface area contributed by atoms with Crippen molar-refractivity contribution in [3.63, 3.8) is 0 Å². The number of amides is 3. The van der Waals surface area contributed by atoms with E-state index in [1.54, 1.807) is 20.8 Å². The van der Waals surface area contributed by atoms with Crippen LogP contribution in [0.2, 0.25) is 0 Å². The van der Waals surface area contributed by atoms with E-state index in [0.29, 0.717) is 17.7 Å². The summed E-state index contributed by atoms with van der Waals surface area (Å²) in [5.41, 5.74) is 0. The highest BCUT2D eigenvalue weighted by Crippen LogP contribution is 2.25. The van der Waals surface area contributed by atoms with Gasteiger partial charge in [0.2, 0.25) is 35.4 Å². The van der Waals surface area contributed by atoms with Gasteiger partial charge in [0, 0.05) is 0 Å². The summed E-state index contributed by atoms with van der Waals surface area (Å²) in [5.74, 6) is -0.323. The summed E-state index contributed by atoms with van der Waals surface area (Å²) in [6, 6.07) is -4.14. The van der Waals surface area contributed by atoms with Crippen molar-refractivity contribution in [2.75, 3.05) is 0 Å². The number of nitrogens with zero attached hydrogens (tertiary/aromatic N) is 3. The maximum absolute atomic E-state index is 13.4. The maximum Gasteiger partial charge on any atom is 0.249 e. The van der Waals surface area contributed by atoms with Crippen molar-refractivity contribution >= 4 is 35.4 Å². The molecule has 3 amide bonds. The molecule has 4 aliphatic heterocycles. The number of carbonyl (C=O) groups excluding carboxylic acids is 3. The molecule has 0 spiro atoms. The van der Waals surface area contributed by atoms with Crippen molar-refractivity contribution in [2.24, 2.45) is 32.7 Å². The molecule has 0 unspecified atom stereocenters. The predicted octanol–water partition coefficient (Wildman–Crippen LogP) is 0.980. The molecule has 39 heavy (non-hydrogen) atoms. The Morgan fingerprint density at radius 2 is 0.744 bits per heavy atom. The molecule has 0 saturated carbocycles. The zero-order valence-electron chi connectivity index (χ0n) is 24.2. The van der Waals surface area contributed by atoms with Crippen LogP contribution in [0.25, 0.3) is 0 Å². The van der Waals surface area contributed by atoms with Crippen LogP contribution in [0.4, 0.5) is 0 Å². The van der Waals surface area contributed by atoms with Crippen LogP contribution in [0, 0.1) is 17.8 Å². The molecule has 0 radical (unpaired) electrons. The van der Waals surface area contributed by atoms with Crippen LogP contribution < -0.4 is 16.0 Å². The second-order valence-corrected chi connectivity index (χ2v) is 11.9. The van der Waals surface area contributed by atoms with E-state index in [4.69, 9.17) is 14.2 Å². The number of carbonyl (C=O) groups is 3. The lowest BCUT2D eigenvalue weighted by Crippen LogP contribution is -2.49. The minimum atomic E-state index is -0.818. The Labute approximate surface area is 229 Å². The van der Waals surface area contributed by atoms with E-state index in [2.05, 4.69) is 30.9 Å². The number of nitrogens with one attached hydrogen (secondary N) is 3. The Bertz CT molecular complexity index is 952. The Morgan fingerprint density at radius 3 is 0.949 bits per heavy atom. The fourth-order valence-electron chi connectivity index (χ4n) is 5.11. The van der Waals surface area contributed by atoms with E-state index in [1.165, 1.54) is 0 Å². The van der Waals surface area contributed by atoms with Crippen LogP contribution in [0.1, 0.15) is 62.3 Å². The first-order valence-corrected chi connectivity index (χ1v) is 13.9. The molecule has 0 aromatic heterocycles. The SMILES string of the molecule is CC(C)[C@@H]1NC(=O)[C@H]2N=C(O[C@@H]2C)[C@H](C(C)C)NC(=O)[C@@H]2N=C(O[C@@H]2C)[C@H](C(C)C)NC(=O)[C@H]2N=C1O[C@@H]2C. The Kier molecular flexibility index (Phi) is 8.22. The molecule has 3 N–H and O–H groups in total. The summed E-state index contributed by atoms with van der Waals surface area (Å²) >= 11 is 0. The van der Waals surface area contributed by atoms with Gasteiger partial charge in [-0.05, 0) is 38.5 Å². The maximum atomic E-state index is 13.4. The molecule has 0 fully saturated rings. The van der Waals surface area contributed by atoms with Crippen molar-refractivity contribution in [1.29, 1.82) is 0 Å². The summed E-state index contributed by atoms with van der Waals surface area (Å²) in [7, 11) is 0. The van der Waals surface area contributed by atoms with Gasteiger partial charge >= 0.3 is 0 Å². The number of hydrogen-bond acceptors (Lipinski definition) is 9. The molecule has 4 aliphatic rings. The minimum absolute atomic E-state index is 0.0702. The summed E-state index contributed by atoms with van der Waals surface area (Å²) in [4.78, 5) is 54.0. The van der Waals surface area contributed by atoms with E-state index >= 15 is 0 Å². The first kappa shape index (κ1) is 28.8. The van der Waals surface area contributed by atoms with Crippen LogP contribution >= 0.6 is 0 Å². The van der Waals surface area contributed by atoms with Gasteiger partial charge in [-0.3, -0.25) is 14.4 Å². The average Bonchev–Trinajstić information content (AvgIpc) is 3.54. The molecule has 0 aromatic rings.